The number of para-hydroxylation sites is 2. The van der Waals surface area contributed by atoms with Crippen LogP contribution in [0.2, 0.25) is 0 Å². The van der Waals surface area contributed by atoms with Crippen molar-refractivity contribution in [3.05, 3.63) is 94.0 Å². The van der Waals surface area contributed by atoms with Gasteiger partial charge in [0.2, 0.25) is 0 Å². The van der Waals surface area contributed by atoms with Crippen LogP contribution in [0.5, 0.6) is 5.75 Å². The Morgan fingerprint density at radius 1 is 0.889 bits per heavy atom. The number of rotatable bonds is 2. The number of fused-ring (bicyclic) bond motifs is 2. The average Bonchev–Trinajstić information content (AvgIpc) is 2.73. The predicted molar refractivity (Wildman–Crippen MR) is 116 cm³/mol. The summed E-state index contributed by atoms with van der Waals surface area (Å²) in [6.07, 6.45) is 4.02. The predicted octanol–water partition coefficient (Wildman–Crippen LogP) is 6.84. The molecule has 2 nitrogen and oxygen atoms in total. The molecule has 0 saturated heterocycles. The average molecular weight is 434 g/mol. The third-order valence-corrected chi connectivity index (χ3v) is 6.69. The van der Waals surface area contributed by atoms with Gasteiger partial charge in [0, 0.05) is 15.6 Å². The Hall–Kier alpha value is -2.30. The summed E-state index contributed by atoms with van der Waals surface area (Å²) < 4.78 is 7.41. The Morgan fingerprint density at radius 2 is 1.67 bits per heavy atom. The molecule has 4 heteroatoms. The highest BCUT2D eigenvalue weighted by atomic mass is 79.9. The molecule has 5 rings (SSSR count). The first-order valence-electron chi connectivity index (χ1n) is 8.80. The maximum absolute atomic E-state index is 6.32. The normalized spacial score (nSPS) is 20.3. The van der Waals surface area contributed by atoms with Crippen LogP contribution in [0.1, 0.15) is 16.4 Å². The molecule has 2 aliphatic rings. The quantitative estimate of drug-likeness (QED) is 0.440. The van der Waals surface area contributed by atoms with Crippen molar-refractivity contribution in [2.24, 2.45) is 4.99 Å². The van der Waals surface area contributed by atoms with Crippen molar-refractivity contribution >= 4 is 45.7 Å². The molecule has 2 unspecified atom stereocenters. The van der Waals surface area contributed by atoms with Crippen LogP contribution < -0.4 is 4.74 Å². The van der Waals surface area contributed by atoms with Gasteiger partial charge in [0.1, 0.15) is 11.4 Å². The molecular formula is C23H16BrNOS. The van der Waals surface area contributed by atoms with Crippen molar-refractivity contribution in [2.75, 3.05) is 0 Å². The zero-order valence-corrected chi connectivity index (χ0v) is 16.8. The fourth-order valence-corrected chi connectivity index (χ4v) is 4.99. The van der Waals surface area contributed by atoms with Crippen molar-refractivity contribution in [2.45, 2.75) is 16.2 Å². The SMILES string of the molecule is Brc1ccc(C2Sc3ccccc3C=C2C2C=Nc3ccccc3O2)cc1. The standard InChI is InChI=1S/C23H16BrNOS/c24-17-11-9-15(10-12-17)23-18(13-16-5-1-4-8-22(16)27-23)21-14-25-19-6-2-3-7-20(19)26-21/h1-14,21,23H. The summed E-state index contributed by atoms with van der Waals surface area (Å²) in [6, 6.07) is 25.0. The van der Waals surface area contributed by atoms with Crippen LogP contribution in [0, 0.1) is 0 Å². The van der Waals surface area contributed by atoms with Crippen LogP contribution in [-0.2, 0) is 0 Å². The first kappa shape index (κ1) is 16.8. The van der Waals surface area contributed by atoms with Gasteiger partial charge < -0.3 is 4.74 Å². The molecule has 0 aromatic heterocycles. The monoisotopic (exact) mass is 433 g/mol. The summed E-state index contributed by atoms with van der Waals surface area (Å²) in [7, 11) is 0. The van der Waals surface area contributed by atoms with Gasteiger partial charge in [-0.25, -0.2) is 0 Å². The molecule has 0 amide bonds. The Morgan fingerprint density at radius 3 is 2.56 bits per heavy atom. The van der Waals surface area contributed by atoms with E-state index in [1.54, 1.807) is 0 Å². The Bertz CT molecular complexity index is 1060. The largest absolute Gasteiger partial charge is 0.478 e. The zero-order chi connectivity index (χ0) is 18.2. The second kappa shape index (κ2) is 7.02. The van der Waals surface area contributed by atoms with Gasteiger partial charge in [-0.2, -0.15) is 0 Å². The Kier molecular flexibility index (Phi) is 4.38. The van der Waals surface area contributed by atoms with E-state index >= 15 is 0 Å². The van der Waals surface area contributed by atoms with E-state index in [2.05, 4.69) is 75.5 Å². The lowest BCUT2D eigenvalue weighted by molar-refractivity contribution is 0.299. The molecule has 132 valence electrons. The molecule has 0 saturated carbocycles. The van der Waals surface area contributed by atoms with Crippen molar-refractivity contribution in [3.63, 3.8) is 0 Å². The molecule has 0 fully saturated rings. The number of halogens is 1. The second-order valence-electron chi connectivity index (χ2n) is 6.52. The molecule has 2 heterocycles. The van der Waals surface area contributed by atoms with E-state index in [4.69, 9.17) is 4.74 Å². The lowest BCUT2D eigenvalue weighted by Crippen LogP contribution is -2.27. The van der Waals surface area contributed by atoms with Gasteiger partial charge in [0.05, 0.1) is 5.25 Å². The smallest absolute Gasteiger partial charge is 0.157 e. The summed E-state index contributed by atoms with van der Waals surface area (Å²) in [4.78, 5) is 5.93. The van der Waals surface area contributed by atoms with E-state index in [1.807, 2.05) is 42.2 Å². The lowest BCUT2D eigenvalue weighted by atomic mass is 9.96. The molecule has 3 aromatic rings. The van der Waals surface area contributed by atoms with Crippen molar-refractivity contribution in [1.82, 2.24) is 0 Å². The van der Waals surface area contributed by atoms with Gasteiger partial charge in [0.15, 0.2) is 6.10 Å². The summed E-state index contributed by atoms with van der Waals surface area (Å²) in [5.74, 6) is 0.837. The van der Waals surface area contributed by atoms with Crippen molar-refractivity contribution < 1.29 is 4.74 Å². The summed E-state index contributed by atoms with van der Waals surface area (Å²) in [5, 5.41) is 0.190. The molecule has 2 aliphatic heterocycles. The number of thioether (sulfide) groups is 1. The topological polar surface area (TPSA) is 21.6 Å². The number of nitrogens with zero attached hydrogens (tertiary/aromatic N) is 1. The zero-order valence-electron chi connectivity index (χ0n) is 14.4. The van der Waals surface area contributed by atoms with Crippen LogP contribution in [0.15, 0.2) is 92.7 Å². The van der Waals surface area contributed by atoms with E-state index in [-0.39, 0.29) is 11.4 Å². The van der Waals surface area contributed by atoms with Crippen LogP contribution in [0.4, 0.5) is 5.69 Å². The number of benzene rings is 3. The molecule has 27 heavy (non-hydrogen) atoms. The summed E-state index contributed by atoms with van der Waals surface area (Å²) in [6.45, 7) is 0. The van der Waals surface area contributed by atoms with E-state index in [0.717, 1.165) is 15.9 Å². The van der Waals surface area contributed by atoms with E-state index < -0.39 is 0 Å². The summed E-state index contributed by atoms with van der Waals surface area (Å²) in [5.41, 5.74) is 4.61. The van der Waals surface area contributed by atoms with E-state index in [1.165, 1.54) is 21.6 Å². The van der Waals surface area contributed by atoms with Crippen LogP contribution >= 0.6 is 27.7 Å². The highest BCUT2D eigenvalue weighted by molar-refractivity contribution is 9.10. The molecule has 0 bridgehead atoms. The fraction of sp³-hybridized carbons (Fsp3) is 0.0870. The summed E-state index contributed by atoms with van der Waals surface area (Å²) >= 11 is 5.41. The highest BCUT2D eigenvalue weighted by Crippen LogP contribution is 2.49. The molecular weight excluding hydrogens is 418 g/mol. The van der Waals surface area contributed by atoms with Crippen molar-refractivity contribution in [3.8, 4) is 5.75 Å². The van der Waals surface area contributed by atoms with Crippen molar-refractivity contribution in [1.29, 1.82) is 0 Å². The van der Waals surface area contributed by atoms with Crippen LogP contribution in [0.25, 0.3) is 6.08 Å². The second-order valence-corrected chi connectivity index (χ2v) is 8.58. The molecule has 0 spiro atoms. The van der Waals surface area contributed by atoms with Gasteiger partial charge in [-0.05, 0) is 53.1 Å². The molecule has 3 aromatic carbocycles. The first-order valence-corrected chi connectivity index (χ1v) is 10.5. The fourth-order valence-electron chi connectivity index (χ4n) is 3.42. The highest BCUT2D eigenvalue weighted by Gasteiger charge is 2.31. The van der Waals surface area contributed by atoms with E-state index in [0.29, 0.717) is 0 Å². The molecule has 0 N–H and O–H groups in total. The Balaban J connectivity index is 1.58. The van der Waals surface area contributed by atoms with Gasteiger partial charge in [0.25, 0.3) is 0 Å². The Labute approximate surface area is 171 Å². The van der Waals surface area contributed by atoms with Gasteiger partial charge >= 0.3 is 0 Å². The van der Waals surface area contributed by atoms with Gasteiger partial charge in [-0.1, -0.05) is 58.4 Å². The van der Waals surface area contributed by atoms with Gasteiger partial charge in [-0.15, -0.1) is 11.8 Å². The lowest BCUT2D eigenvalue weighted by Gasteiger charge is -2.31. The number of hydrogen-bond donors (Lipinski definition) is 0. The third-order valence-electron chi connectivity index (χ3n) is 4.76. The minimum Gasteiger partial charge on any atom is -0.478 e. The van der Waals surface area contributed by atoms with Crippen LogP contribution in [0.3, 0.4) is 0 Å². The minimum absolute atomic E-state index is 0.172. The number of aliphatic imine (C=N–C) groups is 1. The van der Waals surface area contributed by atoms with E-state index in [9.17, 15) is 0 Å². The minimum atomic E-state index is -0.172. The maximum atomic E-state index is 6.32. The number of hydrogen-bond acceptors (Lipinski definition) is 3. The van der Waals surface area contributed by atoms with Gasteiger partial charge in [-0.3, -0.25) is 4.99 Å². The maximum Gasteiger partial charge on any atom is 0.157 e. The molecule has 0 aliphatic carbocycles. The third kappa shape index (κ3) is 3.24. The van der Waals surface area contributed by atoms with Crippen LogP contribution in [-0.4, -0.2) is 12.3 Å². The first-order chi connectivity index (χ1) is 13.3. The molecule has 0 radical (unpaired) electrons. The number of ether oxygens (including phenoxy) is 1. The molecule has 2 atom stereocenters.